The molecule has 0 spiro atoms. The Morgan fingerprint density at radius 2 is 2.15 bits per heavy atom. The Balaban J connectivity index is 1.92. The van der Waals surface area contributed by atoms with Gasteiger partial charge in [-0.05, 0) is 36.5 Å². The van der Waals surface area contributed by atoms with Gasteiger partial charge in [0.1, 0.15) is 0 Å². The first kappa shape index (κ1) is 14.8. The van der Waals surface area contributed by atoms with Crippen molar-refractivity contribution in [3.63, 3.8) is 0 Å². The van der Waals surface area contributed by atoms with Crippen LogP contribution in [0.5, 0.6) is 5.75 Å². The Hall–Kier alpha value is -1.58. The number of hydrogen-bond donors (Lipinski definition) is 1. The lowest BCUT2D eigenvalue weighted by molar-refractivity contribution is -0.121. The van der Waals surface area contributed by atoms with Crippen molar-refractivity contribution < 1.29 is 13.9 Å². The first-order valence-electron chi connectivity index (χ1n) is 7.22. The molecule has 0 aromatic heterocycles. The van der Waals surface area contributed by atoms with Crippen molar-refractivity contribution in [2.75, 3.05) is 7.11 Å². The molecule has 0 radical (unpaired) electrons. The van der Waals surface area contributed by atoms with Crippen molar-refractivity contribution in [3.8, 4) is 5.75 Å². The van der Waals surface area contributed by atoms with Crippen molar-refractivity contribution in [2.24, 2.45) is 5.92 Å². The number of hydrogen-bond acceptors (Lipinski definition) is 2. The molecule has 1 saturated carbocycles. The second kappa shape index (κ2) is 6.73. The van der Waals surface area contributed by atoms with Gasteiger partial charge in [-0.1, -0.05) is 25.8 Å². The van der Waals surface area contributed by atoms with E-state index in [0.717, 1.165) is 6.42 Å². The van der Waals surface area contributed by atoms with E-state index in [-0.39, 0.29) is 24.1 Å². The lowest BCUT2D eigenvalue weighted by Gasteiger charge is -2.29. The molecular formula is C16H22FNO2. The molecule has 20 heavy (non-hydrogen) atoms. The quantitative estimate of drug-likeness (QED) is 0.920. The normalized spacial score (nSPS) is 22.4. The van der Waals surface area contributed by atoms with Gasteiger partial charge in [-0.3, -0.25) is 4.79 Å². The van der Waals surface area contributed by atoms with Gasteiger partial charge in [-0.2, -0.15) is 0 Å². The molecule has 0 aliphatic heterocycles. The average Bonchev–Trinajstić information content (AvgIpc) is 2.41. The summed E-state index contributed by atoms with van der Waals surface area (Å²) in [4.78, 5) is 12.0. The van der Waals surface area contributed by atoms with E-state index >= 15 is 0 Å². The predicted octanol–water partition coefficient (Wildman–Crippen LogP) is 3.07. The topological polar surface area (TPSA) is 38.3 Å². The first-order valence-corrected chi connectivity index (χ1v) is 7.22. The molecule has 1 aliphatic rings. The summed E-state index contributed by atoms with van der Waals surface area (Å²) in [6, 6.07) is 4.91. The molecule has 3 nitrogen and oxygen atoms in total. The van der Waals surface area contributed by atoms with Gasteiger partial charge in [0.15, 0.2) is 11.6 Å². The van der Waals surface area contributed by atoms with E-state index in [2.05, 4.69) is 12.2 Å². The van der Waals surface area contributed by atoms with Gasteiger partial charge in [-0.15, -0.1) is 0 Å². The van der Waals surface area contributed by atoms with Crippen molar-refractivity contribution in [1.82, 2.24) is 5.32 Å². The molecule has 2 rings (SSSR count). The molecule has 0 heterocycles. The molecule has 0 bridgehead atoms. The molecule has 110 valence electrons. The van der Waals surface area contributed by atoms with Gasteiger partial charge in [0.25, 0.3) is 0 Å². The SMILES string of the molecule is COc1ccc(CC(=O)NC2CCCCC2C)cc1F. The van der Waals surface area contributed by atoms with Crippen LogP contribution in [0.15, 0.2) is 18.2 Å². The third-order valence-corrected chi connectivity index (χ3v) is 4.04. The minimum absolute atomic E-state index is 0.0340. The highest BCUT2D eigenvalue weighted by atomic mass is 19.1. The number of methoxy groups -OCH3 is 1. The summed E-state index contributed by atoms with van der Waals surface area (Å²) in [6.45, 7) is 2.18. The maximum atomic E-state index is 13.6. The van der Waals surface area contributed by atoms with Gasteiger partial charge in [-0.25, -0.2) is 4.39 Å². The fourth-order valence-corrected chi connectivity index (χ4v) is 2.79. The zero-order chi connectivity index (χ0) is 14.5. The third-order valence-electron chi connectivity index (χ3n) is 4.04. The molecule has 4 heteroatoms. The summed E-state index contributed by atoms with van der Waals surface area (Å²) in [7, 11) is 1.43. The van der Waals surface area contributed by atoms with Crippen LogP contribution in [0, 0.1) is 11.7 Å². The highest BCUT2D eigenvalue weighted by molar-refractivity contribution is 5.78. The van der Waals surface area contributed by atoms with Crippen LogP contribution in [0.1, 0.15) is 38.2 Å². The minimum atomic E-state index is -0.427. The van der Waals surface area contributed by atoms with E-state index in [9.17, 15) is 9.18 Å². The number of halogens is 1. The van der Waals surface area contributed by atoms with Crippen LogP contribution in [-0.2, 0) is 11.2 Å². The summed E-state index contributed by atoms with van der Waals surface area (Å²) in [5.41, 5.74) is 0.671. The van der Waals surface area contributed by atoms with E-state index in [1.165, 1.54) is 32.4 Å². The number of carbonyl (C=O) groups is 1. The number of amides is 1. The number of nitrogens with one attached hydrogen (secondary N) is 1. The summed E-state index contributed by atoms with van der Waals surface area (Å²) < 4.78 is 18.4. The summed E-state index contributed by atoms with van der Waals surface area (Å²) in [5, 5.41) is 3.07. The number of carbonyl (C=O) groups excluding carboxylic acids is 1. The molecule has 1 aromatic rings. The van der Waals surface area contributed by atoms with E-state index in [0.29, 0.717) is 11.5 Å². The number of rotatable bonds is 4. The van der Waals surface area contributed by atoms with Crippen LogP contribution in [0.3, 0.4) is 0 Å². The van der Waals surface area contributed by atoms with Gasteiger partial charge in [0, 0.05) is 6.04 Å². The molecule has 0 saturated heterocycles. The van der Waals surface area contributed by atoms with E-state index in [1.54, 1.807) is 12.1 Å². The summed E-state index contributed by atoms with van der Waals surface area (Å²) in [5.74, 6) is 0.271. The van der Waals surface area contributed by atoms with Crippen molar-refractivity contribution >= 4 is 5.91 Å². The van der Waals surface area contributed by atoms with Crippen LogP contribution in [0.25, 0.3) is 0 Å². The second-order valence-corrected chi connectivity index (χ2v) is 5.58. The Morgan fingerprint density at radius 1 is 1.40 bits per heavy atom. The van der Waals surface area contributed by atoms with Gasteiger partial charge in [0.2, 0.25) is 5.91 Å². The maximum Gasteiger partial charge on any atom is 0.224 e. The minimum Gasteiger partial charge on any atom is -0.494 e. The standard InChI is InChI=1S/C16H22FNO2/c1-11-5-3-4-6-14(11)18-16(19)10-12-7-8-15(20-2)13(17)9-12/h7-9,11,14H,3-6,10H2,1-2H3,(H,18,19). The molecule has 1 fully saturated rings. The Labute approximate surface area is 119 Å². The summed E-state index contributed by atoms with van der Waals surface area (Å²) in [6.07, 6.45) is 4.85. The lowest BCUT2D eigenvalue weighted by Crippen LogP contribution is -2.41. The third kappa shape index (κ3) is 3.71. The average molecular weight is 279 g/mol. The Morgan fingerprint density at radius 3 is 2.80 bits per heavy atom. The van der Waals surface area contributed by atoms with Crippen LogP contribution in [-0.4, -0.2) is 19.1 Å². The molecule has 1 aromatic carbocycles. The molecule has 1 N–H and O–H groups in total. The lowest BCUT2D eigenvalue weighted by atomic mass is 9.86. The molecule has 1 aliphatic carbocycles. The van der Waals surface area contributed by atoms with Crippen LogP contribution >= 0.6 is 0 Å². The zero-order valence-corrected chi connectivity index (χ0v) is 12.1. The number of ether oxygens (including phenoxy) is 1. The van der Waals surface area contributed by atoms with E-state index in [1.807, 2.05) is 0 Å². The van der Waals surface area contributed by atoms with Gasteiger partial charge >= 0.3 is 0 Å². The first-order chi connectivity index (χ1) is 9.60. The fourth-order valence-electron chi connectivity index (χ4n) is 2.79. The molecule has 2 unspecified atom stereocenters. The smallest absolute Gasteiger partial charge is 0.224 e. The number of benzene rings is 1. The maximum absolute atomic E-state index is 13.6. The monoisotopic (exact) mass is 279 g/mol. The zero-order valence-electron chi connectivity index (χ0n) is 12.1. The van der Waals surface area contributed by atoms with Gasteiger partial charge in [0.05, 0.1) is 13.5 Å². The van der Waals surface area contributed by atoms with Crippen LogP contribution < -0.4 is 10.1 Å². The largest absolute Gasteiger partial charge is 0.494 e. The molecular weight excluding hydrogens is 257 g/mol. The highest BCUT2D eigenvalue weighted by Crippen LogP contribution is 2.24. The van der Waals surface area contributed by atoms with E-state index in [4.69, 9.17) is 4.74 Å². The second-order valence-electron chi connectivity index (χ2n) is 5.58. The molecule has 2 atom stereocenters. The summed E-state index contributed by atoms with van der Waals surface area (Å²) >= 11 is 0. The van der Waals surface area contributed by atoms with E-state index < -0.39 is 5.82 Å². The van der Waals surface area contributed by atoms with Crippen molar-refractivity contribution in [2.45, 2.75) is 45.1 Å². The predicted molar refractivity (Wildman–Crippen MR) is 76.2 cm³/mol. The van der Waals surface area contributed by atoms with Crippen LogP contribution in [0.4, 0.5) is 4.39 Å². The van der Waals surface area contributed by atoms with Crippen molar-refractivity contribution in [1.29, 1.82) is 0 Å². The Kier molecular flexibility index (Phi) is 4.99. The van der Waals surface area contributed by atoms with Gasteiger partial charge < -0.3 is 10.1 Å². The fraction of sp³-hybridized carbons (Fsp3) is 0.562. The highest BCUT2D eigenvalue weighted by Gasteiger charge is 2.22. The van der Waals surface area contributed by atoms with Crippen LogP contribution in [0.2, 0.25) is 0 Å². The van der Waals surface area contributed by atoms with Crippen molar-refractivity contribution in [3.05, 3.63) is 29.6 Å². The Bertz CT molecular complexity index is 476. The molecule has 1 amide bonds.